The molecule has 6 nitrogen and oxygen atoms in total. The molecule has 19 heavy (non-hydrogen) atoms. The van der Waals surface area contributed by atoms with Gasteiger partial charge in [0.15, 0.2) is 5.82 Å². The lowest BCUT2D eigenvalue weighted by molar-refractivity contribution is -0.0327. The third kappa shape index (κ3) is 4.91. The Morgan fingerprint density at radius 2 is 2.16 bits per heavy atom. The summed E-state index contributed by atoms with van der Waals surface area (Å²) < 4.78 is 62.5. The average Bonchev–Trinajstić information content (AvgIpc) is 2.66. The molecule has 0 aliphatic carbocycles. The van der Waals surface area contributed by atoms with Gasteiger partial charge in [-0.3, -0.25) is 4.68 Å². The second kappa shape index (κ2) is 6.01. The Hall–Kier alpha value is -0.940. The predicted molar refractivity (Wildman–Crippen MR) is 66.0 cm³/mol. The van der Waals surface area contributed by atoms with Gasteiger partial charge in [-0.05, 0) is 18.7 Å². The quantitative estimate of drug-likeness (QED) is 0.764. The summed E-state index contributed by atoms with van der Waals surface area (Å²) in [5, 5.41) is 3.75. The lowest BCUT2D eigenvalue weighted by atomic mass is 10.6. The first-order chi connectivity index (χ1) is 8.65. The van der Waals surface area contributed by atoms with E-state index in [9.17, 15) is 21.6 Å². The Balaban J connectivity index is 2.63. The lowest BCUT2D eigenvalue weighted by Gasteiger charge is -2.07. The van der Waals surface area contributed by atoms with E-state index < -0.39 is 21.3 Å². The predicted octanol–water partition coefficient (Wildman–Crippen LogP) is 1.02. The van der Waals surface area contributed by atoms with Crippen LogP contribution in [-0.2, 0) is 16.6 Å². The van der Waals surface area contributed by atoms with E-state index >= 15 is 0 Å². The zero-order valence-corrected chi connectivity index (χ0v) is 11.6. The van der Waals surface area contributed by atoms with Crippen molar-refractivity contribution in [3.8, 4) is 0 Å². The summed E-state index contributed by atoms with van der Waals surface area (Å²) in [5.74, 6) is -0.595. The zero-order chi connectivity index (χ0) is 14.7. The maximum atomic E-state index is 11.9. The molecule has 0 aromatic carbocycles. The first-order valence-electron chi connectivity index (χ1n) is 5.19. The van der Waals surface area contributed by atoms with Crippen molar-refractivity contribution in [3.05, 3.63) is 6.20 Å². The van der Waals surface area contributed by atoms with Gasteiger partial charge in [0, 0.05) is 25.0 Å². The third-order valence-corrected chi connectivity index (χ3v) is 4.24. The third-order valence-electron chi connectivity index (χ3n) is 2.03. The minimum atomic E-state index is -4.38. The lowest BCUT2D eigenvalue weighted by Crippen LogP contribution is -2.27. The van der Waals surface area contributed by atoms with Crippen molar-refractivity contribution in [1.82, 2.24) is 14.5 Å². The van der Waals surface area contributed by atoms with Gasteiger partial charge in [-0.15, -0.1) is 0 Å². The number of thioether (sulfide) groups is 1. The van der Waals surface area contributed by atoms with Crippen LogP contribution in [0.15, 0.2) is 11.1 Å². The van der Waals surface area contributed by atoms with Gasteiger partial charge in [-0.2, -0.15) is 18.3 Å². The molecule has 0 atom stereocenters. The largest absolute Gasteiger partial charge is 0.441 e. The molecule has 11 heteroatoms. The summed E-state index contributed by atoms with van der Waals surface area (Å²) in [6.45, 7) is 1.84. The summed E-state index contributed by atoms with van der Waals surface area (Å²) in [6.07, 6.45) is 1.23. The van der Waals surface area contributed by atoms with E-state index in [2.05, 4.69) is 5.10 Å². The molecule has 1 aromatic rings. The van der Waals surface area contributed by atoms with E-state index in [1.165, 1.54) is 10.9 Å². The van der Waals surface area contributed by atoms with Crippen LogP contribution in [0.2, 0.25) is 0 Å². The number of aromatic nitrogens is 2. The molecule has 110 valence electrons. The minimum absolute atomic E-state index is 0.183. The Morgan fingerprint density at radius 3 is 2.63 bits per heavy atom. The number of anilines is 1. The number of rotatable bonds is 6. The van der Waals surface area contributed by atoms with Crippen molar-refractivity contribution in [2.24, 2.45) is 0 Å². The number of nitrogen functional groups attached to an aromatic ring is 1. The van der Waals surface area contributed by atoms with Gasteiger partial charge in [-0.25, -0.2) is 13.1 Å². The van der Waals surface area contributed by atoms with E-state index in [0.29, 0.717) is 6.54 Å². The highest BCUT2D eigenvalue weighted by atomic mass is 32.2. The molecule has 0 spiro atoms. The maximum absolute atomic E-state index is 11.9. The molecule has 0 aliphatic rings. The molecule has 0 amide bonds. The molecular weight excluding hydrogens is 305 g/mol. The maximum Gasteiger partial charge on any atom is 0.441 e. The molecular formula is C8H13F3N4O2S2. The molecule has 1 rings (SSSR count). The topological polar surface area (TPSA) is 90.0 Å². The molecule has 0 unspecified atom stereocenters. The average molecular weight is 318 g/mol. The fourth-order valence-corrected chi connectivity index (χ4v) is 2.88. The molecule has 3 N–H and O–H groups in total. The number of halogens is 3. The number of hydrogen-bond donors (Lipinski definition) is 2. The second-order valence-corrected chi connectivity index (χ2v) is 6.32. The van der Waals surface area contributed by atoms with Gasteiger partial charge >= 0.3 is 5.51 Å². The smallest absolute Gasteiger partial charge is 0.381 e. The standard InChI is InChI=1S/C8H13F3N4O2S2/c1-2-15-5-6(7(12)14-15)19(16,17)13-3-4-18-8(9,10)11/h5,13H,2-4H2,1H3,(H2,12,14). The van der Waals surface area contributed by atoms with Crippen LogP contribution in [-0.4, -0.2) is 36.0 Å². The van der Waals surface area contributed by atoms with E-state index in [1.807, 2.05) is 4.72 Å². The number of nitrogens with zero attached hydrogens (tertiary/aromatic N) is 2. The van der Waals surface area contributed by atoms with Gasteiger partial charge in [0.1, 0.15) is 4.90 Å². The first kappa shape index (κ1) is 16.1. The van der Waals surface area contributed by atoms with Crippen LogP contribution < -0.4 is 10.5 Å². The molecule has 0 radical (unpaired) electrons. The second-order valence-electron chi connectivity index (χ2n) is 3.43. The van der Waals surface area contributed by atoms with Crippen molar-refractivity contribution >= 4 is 27.6 Å². The van der Waals surface area contributed by atoms with E-state index in [1.54, 1.807) is 6.92 Å². The molecule has 1 aromatic heterocycles. The van der Waals surface area contributed by atoms with Crippen molar-refractivity contribution in [2.75, 3.05) is 18.0 Å². The van der Waals surface area contributed by atoms with Crippen molar-refractivity contribution < 1.29 is 21.6 Å². The number of nitrogens with two attached hydrogens (primary N) is 1. The van der Waals surface area contributed by atoms with E-state index in [0.717, 1.165) is 0 Å². The monoisotopic (exact) mass is 318 g/mol. The summed E-state index contributed by atoms with van der Waals surface area (Å²) in [6, 6.07) is 0. The molecule has 0 saturated carbocycles. The fraction of sp³-hybridized carbons (Fsp3) is 0.625. The van der Waals surface area contributed by atoms with Crippen LogP contribution in [0, 0.1) is 0 Å². The van der Waals surface area contributed by atoms with Gasteiger partial charge in [0.25, 0.3) is 0 Å². The molecule has 1 heterocycles. The molecule has 0 saturated heterocycles. The van der Waals surface area contributed by atoms with Crippen LogP contribution in [0.25, 0.3) is 0 Å². The van der Waals surface area contributed by atoms with Crippen LogP contribution in [0.5, 0.6) is 0 Å². The summed E-state index contributed by atoms with van der Waals surface area (Å²) in [7, 11) is -3.94. The number of alkyl halides is 3. The van der Waals surface area contributed by atoms with Gasteiger partial charge < -0.3 is 5.73 Å². The van der Waals surface area contributed by atoms with Crippen LogP contribution in [0.3, 0.4) is 0 Å². The Kier molecular flexibility index (Phi) is 5.10. The Morgan fingerprint density at radius 1 is 1.53 bits per heavy atom. The van der Waals surface area contributed by atoms with Gasteiger partial charge in [0.2, 0.25) is 10.0 Å². The van der Waals surface area contributed by atoms with Crippen molar-refractivity contribution in [2.45, 2.75) is 23.9 Å². The highest BCUT2D eigenvalue weighted by molar-refractivity contribution is 8.00. The SMILES string of the molecule is CCn1cc(S(=O)(=O)NCCSC(F)(F)F)c(N)n1. The minimum Gasteiger partial charge on any atom is -0.381 e. The van der Waals surface area contributed by atoms with Crippen molar-refractivity contribution in [3.63, 3.8) is 0 Å². The van der Waals surface area contributed by atoms with Crippen LogP contribution >= 0.6 is 11.8 Å². The Labute approximate surface area is 112 Å². The molecule has 0 bridgehead atoms. The zero-order valence-electron chi connectivity index (χ0n) is 9.94. The summed E-state index contributed by atoms with van der Waals surface area (Å²) >= 11 is -0.296. The Bertz CT molecular complexity index is 527. The highest BCUT2D eigenvalue weighted by Crippen LogP contribution is 2.29. The highest BCUT2D eigenvalue weighted by Gasteiger charge is 2.28. The molecule has 0 aliphatic heterocycles. The fourth-order valence-electron chi connectivity index (χ4n) is 1.21. The number of sulfonamides is 1. The number of hydrogen-bond acceptors (Lipinski definition) is 5. The number of nitrogens with one attached hydrogen (secondary N) is 1. The van der Waals surface area contributed by atoms with E-state index in [4.69, 9.17) is 5.73 Å². The first-order valence-corrected chi connectivity index (χ1v) is 7.66. The molecule has 0 fully saturated rings. The summed E-state index contributed by atoms with van der Waals surface area (Å²) in [4.78, 5) is -0.230. The van der Waals surface area contributed by atoms with E-state index in [-0.39, 0.29) is 29.0 Å². The van der Waals surface area contributed by atoms with Crippen LogP contribution in [0.4, 0.5) is 19.0 Å². The van der Waals surface area contributed by atoms with Crippen molar-refractivity contribution in [1.29, 1.82) is 0 Å². The van der Waals surface area contributed by atoms with Gasteiger partial charge in [0.05, 0.1) is 0 Å². The normalized spacial score (nSPS) is 12.8. The number of aryl methyl sites for hydroxylation is 1. The summed E-state index contributed by atoms with van der Waals surface area (Å²) in [5.41, 5.74) is 1.06. The van der Waals surface area contributed by atoms with Crippen LogP contribution in [0.1, 0.15) is 6.92 Å². The van der Waals surface area contributed by atoms with Gasteiger partial charge in [-0.1, -0.05) is 0 Å².